The Labute approximate surface area is 131 Å². The van der Waals surface area contributed by atoms with Gasteiger partial charge in [0, 0.05) is 5.56 Å². The molecule has 2 heterocycles. The Kier molecular flexibility index (Phi) is 3.65. The number of likely N-dealkylation sites (tertiary alicyclic amines) is 1. The smallest absolute Gasteiger partial charge is 0.142 e. The summed E-state index contributed by atoms with van der Waals surface area (Å²) in [4.78, 5) is 7.43. The van der Waals surface area contributed by atoms with E-state index in [1.165, 1.54) is 43.4 Å². The minimum atomic E-state index is 0.935. The normalized spacial score (nSPS) is 16.2. The van der Waals surface area contributed by atoms with Gasteiger partial charge in [-0.1, -0.05) is 48.9 Å². The average Bonchev–Trinajstić information content (AvgIpc) is 2.95. The van der Waals surface area contributed by atoms with Gasteiger partial charge in [0.15, 0.2) is 0 Å². The molecule has 0 amide bonds. The maximum absolute atomic E-state index is 4.88. The van der Waals surface area contributed by atoms with Gasteiger partial charge in [0.25, 0.3) is 0 Å². The standard InChI is InChI=1S/C19H21N3/c1-3-9-16(10-4-1)19-20-17-11-5-6-12-18(17)22(19)15-21-13-7-2-8-14-21/h1,3-6,9-12H,2,7-8,13-15H2. The summed E-state index contributed by atoms with van der Waals surface area (Å²) in [5.74, 6) is 1.08. The van der Waals surface area contributed by atoms with Crippen LogP contribution in [0.15, 0.2) is 54.6 Å². The van der Waals surface area contributed by atoms with Crippen molar-refractivity contribution >= 4 is 11.0 Å². The van der Waals surface area contributed by atoms with Crippen LogP contribution in [0.5, 0.6) is 0 Å². The molecule has 0 bridgehead atoms. The van der Waals surface area contributed by atoms with Crippen LogP contribution in [-0.4, -0.2) is 27.5 Å². The number of rotatable bonds is 3. The van der Waals surface area contributed by atoms with Gasteiger partial charge in [-0.3, -0.25) is 4.90 Å². The van der Waals surface area contributed by atoms with Crippen LogP contribution in [0.2, 0.25) is 0 Å². The Hall–Kier alpha value is -2.13. The van der Waals surface area contributed by atoms with Gasteiger partial charge < -0.3 is 4.57 Å². The topological polar surface area (TPSA) is 21.1 Å². The van der Waals surface area contributed by atoms with Crippen LogP contribution >= 0.6 is 0 Å². The highest BCUT2D eigenvalue weighted by atomic mass is 15.3. The van der Waals surface area contributed by atoms with E-state index < -0.39 is 0 Å². The highest BCUT2D eigenvalue weighted by Gasteiger charge is 2.16. The molecular formula is C19H21N3. The largest absolute Gasteiger partial charge is 0.310 e. The van der Waals surface area contributed by atoms with E-state index in [0.717, 1.165) is 18.0 Å². The fourth-order valence-corrected chi connectivity index (χ4v) is 3.33. The lowest BCUT2D eigenvalue weighted by Crippen LogP contribution is -2.31. The van der Waals surface area contributed by atoms with Crippen molar-refractivity contribution in [3.63, 3.8) is 0 Å². The van der Waals surface area contributed by atoms with Crippen LogP contribution in [0, 0.1) is 0 Å². The van der Waals surface area contributed by atoms with E-state index in [1.54, 1.807) is 0 Å². The molecule has 4 rings (SSSR count). The fourth-order valence-electron chi connectivity index (χ4n) is 3.33. The van der Waals surface area contributed by atoms with Gasteiger partial charge in [-0.15, -0.1) is 0 Å². The van der Waals surface area contributed by atoms with Crippen molar-refractivity contribution in [3.8, 4) is 11.4 Å². The number of piperidine rings is 1. The van der Waals surface area contributed by atoms with E-state index in [4.69, 9.17) is 4.98 Å². The summed E-state index contributed by atoms with van der Waals surface area (Å²) in [5, 5.41) is 0. The molecule has 112 valence electrons. The first-order valence-corrected chi connectivity index (χ1v) is 8.15. The van der Waals surface area contributed by atoms with Crippen molar-refractivity contribution in [2.24, 2.45) is 0 Å². The minimum absolute atomic E-state index is 0.935. The highest BCUT2D eigenvalue weighted by molar-refractivity contribution is 5.80. The molecular weight excluding hydrogens is 270 g/mol. The van der Waals surface area contributed by atoms with E-state index >= 15 is 0 Å². The number of hydrogen-bond acceptors (Lipinski definition) is 2. The lowest BCUT2D eigenvalue weighted by Gasteiger charge is -2.27. The van der Waals surface area contributed by atoms with Crippen molar-refractivity contribution < 1.29 is 0 Å². The molecule has 1 aliphatic heterocycles. The molecule has 0 N–H and O–H groups in total. The first-order chi connectivity index (χ1) is 10.9. The van der Waals surface area contributed by atoms with Crippen molar-refractivity contribution in [2.45, 2.75) is 25.9 Å². The van der Waals surface area contributed by atoms with Crippen molar-refractivity contribution in [1.29, 1.82) is 0 Å². The third kappa shape index (κ3) is 2.53. The monoisotopic (exact) mass is 291 g/mol. The van der Waals surface area contributed by atoms with Gasteiger partial charge in [-0.25, -0.2) is 4.98 Å². The summed E-state index contributed by atoms with van der Waals surface area (Å²) in [6.07, 6.45) is 3.99. The Morgan fingerprint density at radius 2 is 1.55 bits per heavy atom. The van der Waals surface area contributed by atoms with E-state index in [0.29, 0.717) is 0 Å². The second-order valence-corrected chi connectivity index (χ2v) is 6.04. The van der Waals surface area contributed by atoms with E-state index in [1.807, 2.05) is 0 Å². The number of para-hydroxylation sites is 2. The molecule has 0 atom stereocenters. The SMILES string of the molecule is c1ccc(-c2nc3ccccc3n2CN2CCCCC2)cc1. The summed E-state index contributed by atoms with van der Waals surface area (Å²) in [6, 6.07) is 19.0. The third-order valence-electron chi connectivity index (χ3n) is 4.48. The van der Waals surface area contributed by atoms with Crippen molar-refractivity contribution in [1.82, 2.24) is 14.5 Å². The molecule has 2 aromatic carbocycles. The molecule has 0 radical (unpaired) electrons. The maximum Gasteiger partial charge on any atom is 0.142 e. The van der Waals surface area contributed by atoms with E-state index in [2.05, 4.69) is 64.1 Å². The highest BCUT2D eigenvalue weighted by Crippen LogP contribution is 2.25. The first-order valence-electron chi connectivity index (χ1n) is 8.15. The summed E-state index contributed by atoms with van der Waals surface area (Å²) >= 11 is 0. The van der Waals surface area contributed by atoms with Gasteiger partial charge in [0.05, 0.1) is 17.7 Å². The van der Waals surface area contributed by atoms with Crippen LogP contribution in [0.3, 0.4) is 0 Å². The predicted molar refractivity (Wildman–Crippen MR) is 90.6 cm³/mol. The first kappa shape index (κ1) is 13.5. The Balaban J connectivity index is 1.79. The molecule has 0 saturated carbocycles. The van der Waals surface area contributed by atoms with Gasteiger partial charge in [-0.05, 0) is 38.1 Å². The average molecular weight is 291 g/mol. The number of nitrogens with zero attached hydrogens (tertiary/aromatic N) is 3. The molecule has 0 aliphatic carbocycles. The number of fused-ring (bicyclic) bond motifs is 1. The van der Waals surface area contributed by atoms with Crippen LogP contribution in [-0.2, 0) is 6.67 Å². The number of imidazole rings is 1. The lowest BCUT2D eigenvalue weighted by molar-refractivity contribution is 0.186. The molecule has 3 aromatic rings. The van der Waals surface area contributed by atoms with Crippen LogP contribution in [0.1, 0.15) is 19.3 Å². The third-order valence-corrected chi connectivity index (χ3v) is 4.48. The summed E-state index contributed by atoms with van der Waals surface area (Å²) in [5.41, 5.74) is 3.50. The second-order valence-electron chi connectivity index (χ2n) is 6.04. The van der Waals surface area contributed by atoms with Crippen molar-refractivity contribution in [2.75, 3.05) is 13.1 Å². The molecule has 1 aromatic heterocycles. The lowest BCUT2D eigenvalue weighted by atomic mass is 10.1. The number of hydrogen-bond donors (Lipinski definition) is 0. The van der Waals surface area contributed by atoms with E-state index in [-0.39, 0.29) is 0 Å². The molecule has 0 unspecified atom stereocenters. The summed E-state index contributed by atoms with van der Waals surface area (Å²) in [6.45, 7) is 3.33. The van der Waals surface area contributed by atoms with Gasteiger partial charge >= 0.3 is 0 Å². The Morgan fingerprint density at radius 3 is 2.36 bits per heavy atom. The molecule has 1 aliphatic rings. The molecule has 3 nitrogen and oxygen atoms in total. The molecule has 1 fully saturated rings. The quantitative estimate of drug-likeness (QED) is 0.723. The zero-order chi connectivity index (χ0) is 14.8. The zero-order valence-corrected chi connectivity index (χ0v) is 12.8. The van der Waals surface area contributed by atoms with E-state index in [9.17, 15) is 0 Å². The Bertz CT molecular complexity index is 755. The van der Waals surface area contributed by atoms with Crippen LogP contribution < -0.4 is 0 Å². The van der Waals surface area contributed by atoms with Crippen molar-refractivity contribution in [3.05, 3.63) is 54.6 Å². The van der Waals surface area contributed by atoms with Crippen LogP contribution in [0.25, 0.3) is 22.4 Å². The summed E-state index contributed by atoms with van der Waals surface area (Å²) < 4.78 is 2.37. The molecule has 0 spiro atoms. The van der Waals surface area contributed by atoms with Gasteiger partial charge in [-0.2, -0.15) is 0 Å². The van der Waals surface area contributed by atoms with Gasteiger partial charge in [0.2, 0.25) is 0 Å². The Morgan fingerprint density at radius 1 is 0.818 bits per heavy atom. The molecule has 3 heteroatoms. The van der Waals surface area contributed by atoms with Gasteiger partial charge in [0.1, 0.15) is 5.82 Å². The molecule has 1 saturated heterocycles. The number of benzene rings is 2. The second kappa shape index (κ2) is 5.93. The minimum Gasteiger partial charge on any atom is -0.310 e. The predicted octanol–water partition coefficient (Wildman–Crippen LogP) is 4.15. The zero-order valence-electron chi connectivity index (χ0n) is 12.8. The summed E-state index contributed by atoms with van der Waals surface area (Å²) in [7, 11) is 0. The maximum atomic E-state index is 4.88. The fraction of sp³-hybridized carbons (Fsp3) is 0.316. The molecule has 22 heavy (non-hydrogen) atoms. The number of aromatic nitrogens is 2. The van der Waals surface area contributed by atoms with Crippen LogP contribution in [0.4, 0.5) is 0 Å².